The van der Waals surface area contributed by atoms with Crippen molar-refractivity contribution in [3.8, 4) is 17.2 Å². The van der Waals surface area contributed by atoms with E-state index in [9.17, 15) is 10.2 Å². The Kier molecular flexibility index (Phi) is 5.17. The molecule has 0 saturated heterocycles. The Morgan fingerprint density at radius 1 is 0.769 bits per heavy atom. The monoisotopic (exact) mass is 348 g/mol. The zero-order valence-electron chi connectivity index (χ0n) is 15.4. The third-order valence-corrected chi connectivity index (χ3v) is 4.65. The summed E-state index contributed by atoms with van der Waals surface area (Å²) in [6.45, 7) is 6.62. The molecule has 3 aromatic carbocycles. The summed E-state index contributed by atoms with van der Waals surface area (Å²) in [7, 11) is 0. The van der Waals surface area contributed by atoms with Gasteiger partial charge in [-0.2, -0.15) is 0 Å². The van der Waals surface area contributed by atoms with Crippen molar-refractivity contribution in [1.29, 1.82) is 0 Å². The maximum Gasteiger partial charge on any atom is 0.119 e. The highest BCUT2D eigenvalue weighted by Crippen LogP contribution is 2.37. The van der Waals surface area contributed by atoms with Gasteiger partial charge in [-0.25, -0.2) is 0 Å². The van der Waals surface area contributed by atoms with Gasteiger partial charge in [0.2, 0.25) is 0 Å². The zero-order valence-corrected chi connectivity index (χ0v) is 15.4. The van der Waals surface area contributed by atoms with Gasteiger partial charge < -0.3 is 14.9 Å². The van der Waals surface area contributed by atoms with Crippen LogP contribution in [0, 0.1) is 13.8 Å². The highest BCUT2D eigenvalue weighted by molar-refractivity contribution is 5.51. The van der Waals surface area contributed by atoms with E-state index in [1.165, 1.54) is 0 Å². The molecular weight excluding hydrogens is 324 g/mol. The predicted molar refractivity (Wildman–Crippen MR) is 104 cm³/mol. The number of hydrogen-bond donors (Lipinski definition) is 2. The molecule has 0 bridgehead atoms. The van der Waals surface area contributed by atoms with Crippen LogP contribution in [0.25, 0.3) is 0 Å². The molecule has 0 aliphatic carbocycles. The summed E-state index contributed by atoms with van der Waals surface area (Å²) in [6.07, 6.45) is 0. The number of benzene rings is 3. The lowest BCUT2D eigenvalue weighted by Gasteiger charge is -2.23. The van der Waals surface area contributed by atoms with Gasteiger partial charge in [0.05, 0.1) is 6.61 Å². The summed E-state index contributed by atoms with van der Waals surface area (Å²) in [6, 6.07) is 19.1. The first kappa shape index (κ1) is 17.9. The minimum Gasteiger partial charge on any atom is -0.508 e. The van der Waals surface area contributed by atoms with E-state index in [0.717, 1.165) is 33.6 Å². The maximum absolute atomic E-state index is 9.80. The lowest BCUT2D eigenvalue weighted by Crippen LogP contribution is -2.07. The summed E-state index contributed by atoms with van der Waals surface area (Å²) in [5.41, 5.74) is 5.44. The van der Waals surface area contributed by atoms with Crippen LogP contribution >= 0.6 is 0 Å². The van der Waals surface area contributed by atoms with Crippen LogP contribution in [-0.2, 0) is 0 Å². The molecule has 0 fully saturated rings. The Labute approximate surface area is 154 Å². The first-order valence-corrected chi connectivity index (χ1v) is 8.81. The van der Waals surface area contributed by atoms with Crippen molar-refractivity contribution in [1.82, 2.24) is 0 Å². The normalized spacial score (nSPS) is 10.9. The van der Waals surface area contributed by atoms with Crippen LogP contribution in [0.3, 0.4) is 0 Å². The number of aromatic hydroxyl groups is 2. The Bertz CT molecular complexity index is 846. The number of phenols is 2. The van der Waals surface area contributed by atoms with Crippen molar-refractivity contribution in [2.75, 3.05) is 6.61 Å². The van der Waals surface area contributed by atoms with Crippen LogP contribution in [0.5, 0.6) is 17.2 Å². The van der Waals surface area contributed by atoms with E-state index < -0.39 is 0 Å². The smallest absolute Gasteiger partial charge is 0.119 e. The first-order valence-electron chi connectivity index (χ1n) is 8.81. The van der Waals surface area contributed by atoms with Crippen LogP contribution < -0.4 is 4.74 Å². The highest BCUT2D eigenvalue weighted by Gasteiger charge is 2.21. The minimum atomic E-state index is 0.00637. The Balaban J connectivity index is 2.15. The second-order valence-corrected chi connectivity index (χ2v) is 6.52. The molecule has 3 aromatic rings. The lowest BCUT2D eigenvalue weighted by atomic mass is 9.81. The van der Waals surface area contributed by atoms with E-state index in [0.29, 0.717) is 6.61 Å². The summed E-state index contributed by atoms with van der Waals surface area (Å²) < 4.78 is 5.56. The molecule has 0 aliphatic rings. The first-order chi connectivity index (χ1) is 12.5. The van der Waals surface area contributed by atoms with Crippen LogP contribution in [0.2, 0.25) is 0 Å². The third kappa shape index (κ3) is 3.67. The van der Waals surface area contributed by atoms with E-state index in [2.05, 4.69) is 12.1 Å². The van der Waals surface area contributed by atoms with Gasteiger partial charge in [0.1, 0.15) is 17.2 Å². The predicted octanol–water partition coefficient (Wildman–Crippen LogP) is 5.29. The summed E-state index contributed by atoms with van der Waals surface area (Å²) in [4.78, 5) is 0. The van der Waals surface area contributed by atoms with Gasteiger partial charge in [-0.15, -0.1) is 0 Å². The van der Waals surface area contributed by atoms with Crippen LogP contribution in [-0.4, -0.2) is 16.8 Å². The fraction of sp³-hybridized carbons (Fsp3) is 0.217. The average molecular weight is 348 g/mol. The lowest BCUT2D eigenvalue weighted by molar-refractivity contribution is 0.340. The quantitative estimate of drug-likeness (QED) is 0.616. The van der Waals surface area contributed by atoms with Gasteiger partial charge >= 0.3 is 0 Å². The van der Waals surface area contributed by atoms with Gasteiger partial charge in [0.25, 0.3) is 0 Å². The Morgan fingerprint density at radius 3 is 1.69 bits per heavy atom. The second-order valence-electron chi connectivity index (χ2n) is 6.52. The van der Waals surface area contributed by atoms with E-state index in [1.54, 1.807) is 24.3 Å². The number of aryl methyl sites for hydroxylation is 2. The zero-order chi connectivity index (χ0) is 18.7. The molecule has 0 heterocycles. The number of rotatable bonds is 5. The molecule has 3 heteroatoms. The van der Waals surface area contributed by atoms with Gasteiger partial charge in [0, 0.05) is 5.92 Å². The standard InChI is InChI=1S/C23H24O3/c1-4-26-20-9-5-17(6-10-20)23(21-11-7-18(24)13-15(21)2)22-12-8-19(25)14-16(22)3/h5-14,23-25H,4H2,1-3H3. The molecule has 0 aromatic heterocycles. The van der Waals surface area contributed by atoms with E-state index in [1.807, 2.05) is 45.0 Å². The SMILES string of the molecule is CCOc1ccc(C(c2ccc(O)cc2C)c2ccc(O)cc2C)cc1. The van der Waals surface area contributed by atoms with E-state index in [4.69, 9.17) is 4.74 Å². The van der Waals surface area contributed by atoms with Crippen molar-refractivity contribution in [3.63, 3.8) is 0 Å². The summed E-state index contributed by atoms with van der Waals surface area (Å²) in [5, 5.41) is 19.6. The third-order valence-electron chi connectivity index (χ3n) is 4.65. The van der Waals surface area contributed by atoms with Crippen molar-refractivity contribution in [3.05, 3.63) is 88.5 Å². The topological polar surface area (TPSA) is 49.7 Å². The second kappa shape index (κ2) is 7.52. The molecular formula is C23H24O3. The van der Waals surface area contributed by atoms with Crippen molar-refractivity contribution in [2.45, 2.75) is 26.7 Å². The molecule has 0 radical (unpaired) electrons. The number of ether oxygens (including phenoxy) is 1. The molecule has 0 unspecified atom stereocenters. The summed E-state index contributed by atoms with van der Waals surface area (Å²) >= 11 is 0. The molecule has 3 nitrogen and oxygen atoms in total. The van der Waals surface area contributed by atoms with Crippen LogP contribution in [0.1, 0.15) is 40.7 Å². The molecule has 3 rings (SSSR count). The van der Waals surface area contributed by atoms with Gasteiger partial charge in [-0.05, 0) is 85.0 Å². The fourth-order valence-electron chi connectivity index (χ4n) is 3.42. The molecule has 0 spiro atoms. The molecule has 0 aliphatic heterocycles. The Hall–Kier alpha value is -2.94. The molecule has 2 N–H and O–H groups in total. The molecule has 134 valence electrons. The van der Waals surface area contributed by atoms with Crippen LogP contribution in [0.4, 0.5) is 0 Å². The highest BCUT2D eigenvalue weighted by atomic mass is 16.5. The van der Waals surface area contributed by atoms with Crippen molar-refractivity contribution in [2.24, 2.45) is 0 Å². The minimum absolute atomic E-state index is 0.00637. The maximum atomic E-state index is 9.80. The largest absolute Gasteiger partial charge is 0.508 e. The molecule has 0 saturated carbocycles. The molecule has 26 heavy (non-hydrogen) atoms. The van der Waals surface area contributed by atoms with Gasteiger partial charge in [0.15, 0.2) is 0 Å². The number of hydrogen-bond acceptors (Lipinski definition) is 3. The molecule has 0 atom stereocenters. The Morgan fingerprint density at radius 2 is 1.27 bits per heavy atom. The van der Waals surface area contributed by atoms with Gasteiger partial charge in [-0.1, -0.05) is 24.3 Å². The summed E-state index contributed by atoms with van der Waals surface area (Å²) in [5.74, 6) is 1.38. The van der Waals surface area contributed by atoms with Gasteiger partial charge in [-0.3, -0.25) is 0 Å². The van der Waals surface area contributed by atoms with Crippen molar-refractivity contribution >= 4 is 0 Å². The van der Waals surface area contributed by atoms with Crippen LogP contribution in [0.15, 0.2) is 60.7 Å². The van der Waals surface area contributed by atoms with Crippen molar-refractivity contribution < 1.29 is 14.9 Å². The van der Waals surface area contributed by atoms with E-state index >= 15 is 0 Å². The number of phenolic OH excluding ortho intramolecular Hbond substituents is 2. The fourth-order valence-corrected chi connectivity index (χ4v) is 3.42. The molecule has 0 amide bonds. The average Bonchev–Trinajstić information content (AvgIpc) is 2.60. The van der Waals surface area contributed by atoms with E-state index in [-0.39, 0.29) is 17.4 Å².